The predicted octanol–water partition coefficient (Wildman–Crippen LogP) is 4.57. The van der Waals surface area contributed by atoms with E-state index in [2.05, 4.69) is 0 Å². The molecule has 0 N–H and O–H groups in total. The van der Waals surface area contributed by atoms with Crippen LogP contribution in [0.4, 0.5) is 4.79 Å². The lowest BCUT2D eigenvalue weighted by Crippen LogP contribution is -2.12. The summed E-state index contributed by atoms with van der Waals surface area (Å²) >= 11 is 5.91. The maximum Gasteiger partial charge on any atom is 0.418 e. The van der Waals surface area contributed by atoms with Crippen molar-refractivity contribution in [3.8, 4) is 0 Å². The number of nitrogens with zero attached hydrogens (tertiary/aromatic N) is 1. The van der Waals surface area contributed by atoms with Gasteiger partial charge in [0.2, 0.25) is 0 Å². The van der Waals surface area contributed by atoms with Crippen LogP contribution in [0.5, 0.6) is 0 Å². The fourth-order valence-electron chi connectivity index (χ4n) is 2.30. The van der Waals surface area contributed by atoms with Crippen LogP contribution in [0.15, 0.2) is 60.8 Å². The molecule has 0 aliphatic carbocycles. The Hall–Kier alpha value is -2.26. The van der Waals surface area contributed by atoms with Gasteiger partial charge in [0.1, 0.15) is 6.61 Å². The Balaban J connectivity index is 1.82. The molecule has 2 aromatic carbocycles. The van der Waals surface area contributed by atoms with E-state index in [1.54, 1.807) is 6.20 Å². The van der Waals surface area contributed by atoms with Gasteiger partial charge in [0.05, 0.1) is 5.52 Å². The first-order valence-corrected chi connectivity index (χ1v) is 7.19. The number of halogens is 1. The minimum Gasteiger partial charge on any atom is -0.444 e. The van der Waals surface area contributed by atoms with Gasteiger partial charge in [0.25, 0.3) is 0 Å². The van der Waals surface area contributed by atoms with Crippen molar-refractivity contribution in [3.05, 3.63) is 71.9 Å². The summed E-state index contributed by atoms with van der Waals surface area (Å²) in [6, 6.07) is 17.2. The molecule has 3 rings (SSSR count). The number of alkyl halides is 1. The maximum absolute atomic E-state index is 12.2. The smallest absolute Gasteiger partial charge is 0.418 e. The second kappa shape index (κ2) is 6.02. The summed E-state index contributed by atoms with van der Waals surface area (Å²) in [6.07, 6.45) is 1.33. The van der Waals surface area contributed by atoms with Crippen LogP contribution < -0.4 is 0 Å². The van der Waals surface area contributed by atoms with Gasteiger partial charge in [-0.1, -0.05) is 42.5 Å². The molecule has 0 unspecified atom stereocenters. The molecule has 0 saturated carbocycles. The molecule has 0 spiro atoms. The average molecular weight is 300 g/mol. The van der Waals surface area contributed by atoms with E-state index in [-0.39, 0.29) is 12.7 Å². The Bertz CT molecular complexity index is 765. The Morgan fingerprint density at radius 2 is 1.86 bits per heavy atom. The molecule has 0 amide bonds. The van der Waals surface area contributed by atoms with E-state index in [9.17, 15) is 4.79 Å². The molecule has 0 fully saturated rings. The highest BCUT2D eigenvalue weighted by Crippen LogP contribution is 2.22. The van der Waals surface area contributed by atoms with Crippen molar-refractivity contribution >= 4 is 28.6 Å². The summed E-state index contributed by atoms with van der Waals surface area (Å²) in [7, 11) is 0. The topological polar surface area (TPSA) is 31.2 Å². The molecule has 0 radical (unpaired) electrons. The lowest BCUT2D eigenvalue weighted by molar-refractivity contribution is 0.142. The van der Waals surface area contributed by atoms with Gasteiger partial charge in [-0.2, -0.15) is 0 Å². The van der Waals surface area contributed by atoms with Gasteiger partial charge >= 0.3 is 6.09 Å². The lowest BCUT2D eigenvalue weighted by atomic mass is 10.1. The zero-order valence-corrected chi connectivity index (χ0v) is 12.1. The van der Waals surface area contributed by atoms with Crippen molar-refractivity contribution < 1.29 is 9.53 Å². The minimum absolute atomic E-state index is 0.258. The Labute approximate surface area is 127 Å². The van der Waals surface area contributed by atoms with E-state index in [1.165, 1.54) is 4.57 Å². The summed E-state index contributed by atoms with van der Waals surface area (Å²) in [5, 5.41) is 0.976. The number of aromatic nitrogens is 1. The number of carbonyl (C=O) groups excluding carboxylic acids is 1. The number of carbonyl (C=O) groups is 1. The number of benzene rings is 2. The van der Waals surface area contributed by atoms with E-state index in [1.807, 2.05) is 54.6 Å². The summed E-state index contributed by atoms with van der Waals surface area (Å²) in [5.41, 5.74) is 2.78. The van der Waals surface area contributed by atoms with Crippen LogP contribution in [0.1, 0.15) is 11.1 Å². The van der Waals surface area contributed by atoms with Crippen LogP contribution in [0.3, 0.4) is 0 Å². The second-order valence-corrected chi connectivity index (χ2v) is 4.98. The van der Waals surface area contributed by atoms with E-state index < -0.39 is 0 Å². The molecule has 21 heavy (non-hydrogen) atoms. The molecule has 3 nitrogen and oxygen atoms in total. The SMILES string of the molecule is O=C(OCc1ccccc1)n1ccc2c(CCl)cccc21. The van der Waals surface area contributed by atoms with E-state index in [0.29, 0.717) is 5.88 Å². The highest BCUT2D eigenvalue weighted by molar-refractivity contribution is 6.18. The molecule has 4 heteroatoms. The van der Waals surface area contributed by atoms with Crippen molar-refractivity contribution in [2.75, 3.05) is 0 Å². The molecule has 0 atom stereocenters. The number of rotatable bonds is 3. The van der Waals surface area contributed by atoms with Crippen LogP contribution >= 0.6 is 11.6 Å². The van der Waals surface area contributed by atoms with Gasteiger partial charge in [0, 0.05) is 17.5 Å². The third-order valence-electron chi connectivity index (χ3n) is 3.37. The molecule has 1 aromatic heterocycles. The second-order valence-electron chi connectivity index (χ2n) is 4.71. The molecule has 1 heterocycles. The first kappa shape index (κ1) is 13.7. The van der Waals surface area contributed by atoms with Crippen molar-refractivity contribution in [1.82, 2.24) is 4.57 Å². The zero-order valence-electron chi connectivity index (χ0n) is 11.3. The van der Waals surface area contributed by atoms with Crippen LogP contribution in [0.2, 0.25) is 0 Å². The zero-order chi connectivity index (χ0) is 14.7. The van der Waals surface area contributed by atoms with Gasteiger partial charge in [-0.05, 0) is 23.3 Å². The lowest BCUT2D eigenvalue weighted by Gasteiger charge is -2.07. The third-order valence-corrected chi connectivity index (χ3v) is 3.66. The number of ether oxygens (including phenoxy) is 1. The van der Waals surface area contributed by atoms with Crippen molar-refractivity contribution in [1.29, 1.82) is 0 Å². The largest absolute Gasteiger partial charge is 0.444 e. The molecule has 3 aromatic rings. The monoisotopic (exact) mass is 299 g/mol. The Kier molecular flexibility index (Phi) is 3.93. The average Bonchev–Trinajstić information content (AvgIpc) is 2.97. The van der Waals surface area contributed by atoms with Gasteiger partial charge in [-0.25, -0.2) is 4.79 Å². The maximum atomic E-state index is 12.2. The van der Waals surface area contributed by atoms with Crippen LogP contribution in [-0.2, 0) is 17.2 Å². The molecule has 0 aliphatic heterocycles. The predicted molar refractivity (Wildman–Crippen MR) is 83.5 cm³/mol. The number of hydrogen-bond acceptors (Lipinski definition) is 2. The molecule has 0 bridgehead atoms. The first-order valence-electron chi connectivity index (χ1n) is 6.65. The summed E-state index contributed by atoms with van der Waals surface area (Å²) in [5.74, 6) is 0.417. The van der Waals surface area contributed by atoms with Gasteiger partial charge in [0.15, 0.2) is 0 Å². The van der Waals surface area contributed by atoms with E-state index in [0.717, 1.165) is 22.0 Å². The minimum atomic E-state index is -0.388. The summed E-state index contributed by atoms with van der Waals surface area (Å²) < 4.78 is 6.85. The summed E-state index contributed by atoms with van der Waals surface area (Å²) in [4.78, 5) is 12.2. The fraction of sp³-hybridized carbons (Fsp3) is 0.118. The van der Waals surface area contributed by atoms with Crippen molar-refractivity contribution in [3.63, 3.8) is 0 Å². The summed E-state index contributed by atoms with van der Waals surface area (Å²) in [6.45, 7) is 0.258. The van der Waals surface area contributed by atoms with E-state index in [4.69, 9.17) is 16.3 Å². The molecular formula is C17H14ClNO2. The Morgan fingerprint density at radius 1 is 1.05 bits per heavy atom. The molecule has 0 saturated heterocycles. The first-order chi connectivity index (χ1) is 10.3. The van der Waals surface area contributed by atoms with Crippen molar-refractivity contribution in [2.45, 2.75) is 12.5 Å². The standard InChI is InChI=1S/C17H14ClNO2/c18-11-14-7-4-8-16-15(14)9-10-19(16)17(20)21-12-13-5-2-1-3-6-13/h1-10H,11-12H2. The Morgan fingerprint density at radius 3 is 2.62 bits per heavy atom. The van der Waals surface area contributed by atoms with Crippen LogP contribution in [0.25, 0.3) is 10.9 Å². The number of fused-ring (bicyclic) bond motifs is 1. The quantitative estimate of drug-likeness (QED) is 0.664. The molecular weight excluding hydrogens is 286 g/mol. The van der Waals surface area contributed by atoms with Crippen LogP contribution in [0, 0.1) is 0 Å². The molecule has 0 aliphatic rings. The van der Waals surface area contributed by atoms with Gasteiger partial charge < -0.3 is 4.74 Å². The third kappa shape index (κ3) is 2.78. The normalized spacial score (nSPS) is 10.7. The fourth-order valence-corrected chi connectivity index (χ4v) is 2.53. The van der Waals surface area contributed by atoms with E-state index >= 15 is 0 Å². The van der Waals surface area contributed by atoms with Gasteiger partial charge in [-0.15, -0.1) is 11.6 Å². The molecule has 106 valence electrons. The number of hydrogen-bond donors (Lipinski definition) is 0. The van der Waals surface area contributed by atoms with Crippen LogP contribution in [-0.4, -0.2) is 10.7 Å². The van der Waals surface area contributed by atoms with Crippen molar-refractivity contribution in [2.24, 2.45) is 0 Å². The highest BCUT2D eigenvalue weighted by Gasteiger charge is 2.11. The highest BCUT2D eigenvalue weighted by atomic mass is 35.5. The van der Waals surface area contributed by atoms with Gasteiger partial charge in [-0.3, -0.25) is 4.57 Å².